The average molecular weight is 292 g/mol. The number of halogens is 5. The number of hydrogen-bond donors (Lipinski definition) is 1. The van der Waals surface area contributed by atoms with Gasteiger partial charge in [0.2, 0.25) is 0 Å². The van der Waals surface area contributed by atoms with Crippen molar-refractivity contribution in [2.75, 3.05) is 0 Å². The van der Waals surface area contributed by atoms with Gasteiger partial charge in [-0.2, -0.15) is 13.2 Å². The maximum absolute atomic E-state index is 13.0. The highest BCUT2D eigenvalue weighted by atomic mass is 32.1. The molecule has 0 spiro atoms. The molecule has 0 amide bonds. The summed E-state index contributed by atoms with van der Waals surface area (Å²) in [6, 6.07) is 3.00. The minimum absolute atomic E-state index is 0.122. The molecule has 0 saturated heterocycles. The van der Waals surface area contributed by atoms with Crippen LogP contribution in [0, 0.1) is 16.4 Å². The van der Waals surface area contributed by atoms with E-state index in [9.17, 15) is 22.0 Å². The number of hydrogen-bond acceptors (Lipinski definition) is 2. The summed E-state index contributed by atoms with van der Waals surface area (Å²) < 4.78 is 63.3. The molecule has 0 aliphatic carbocycles. The Hall–Kier alpha value is -1.83. The summed E-state index contributed by atoms with van der Waals surface area (Å²) >= 11 is 4.57. The Morgan fingerprint density at radius 1 is 1.00 bits per heavy atom. The predicted molar refractivity (Wildman–Crippen MR) is 59.8 cm³/mol. The van der Waals surface area contributed by atoms with E-state index in [1.165, 1.54) is 0 Å². The first-order valence-corrected chi connectivity index (χ1v) is 5.31. The van der Waals surface area contributed by atoms with E-state index in [0.717, 1.165) is 12.1 Å². The predicted octanol–water partition coefficient (Wildman–Crippen LogP) is 4.10. The molecule has 19 heavy (non-hydrogen) atoms. The van der Waals surface area contributed by atoms with Crippen molar-refractivity contribution in [2.24, 2.45) is 0 Å². The van der Waals surface area contributed by atoms with Crippen LogP contribution in [0.3, 0.4) is 0 Å². The van der Waals surface area contributed by atoms with E-state index < -0.39 is 28.3 Å². The van der Waals surface area contributed by atoms with Gasteiger partial charge in [0.25, 0.3) is 0 Å². The van der Waals surface area contributed by atoms with Gasteiger partial charge < -0.3 is 4.98 Å². The van der Waals surface area contributed by atoms with E-state index >= 15 is 0 Å². The second-order valence-electron chi connectivity index (χ2n) is 3.64. The van der Waals surface area contributed by atoms with E-state index in [0.29, 0.717) is 12.1 Å². The van der Waals surface area contributed by atoms with Crippen LogP contribution >= 0.6 is 12.2 Å². The van der Waals surface area contributed by atoms with Crippen molar-refractivity contribution in [1.82, 2.24) is 9.97 Å². The molecule has 0 saturated carbocycles. The van der Waals surface area contributed by atoms with Crippen LogP contribution in [0.4, 0.5) is 22.0 Å². The van der Waals surface area contributed by atoms with Crippen LogP contribution in [0.1, 0.15) is 5.69 Å². The Kier molecular flexibility index (Phi) is 3.36. The lowest BCUT2D eigenvalue weighted by Crippen LogP contribution is -2.09. The van der Waals surface area contributed by atoms with Gasteiger partial charge in [0.1, 0.15) is 17.3 Å². The number of nitrogens with one attached hydrogen (secondary N) is 1. The summed E-state index contributed by atoms with van der Waals surface area (Å²) in [4.78, 5) is 5.50. The topological polar surface area (TPSA) is 28.7 Å². The highest BCUT2D eigenvalue weighted by Gasteiger charge is 2.32. The van der Waals surface area contributed by atoms with E-state index in [1.807, 2.05) is 4.98 Å². The summed E-state index contributed by atoms with van der Waals surface area (Å²) in [5.41, 5.74) is -1.51. The molecule has 0 aliphatic rings. The lowest BCUT2D eigenvalue weighted by atomic mass is 10.1. The fourth-order valence-corrected chi connectivity index (χ4v) is 1.67. The zero-order valence-electron chi connectivity index (χ0n) is 9.05. The van der Waals surface area contributed by atoms with Crippen molar-refractivity contribution < 1.29 is 22.0 Å². The summed E-state index contributed by atoms with van der Waals surface area (Å²) in [5.74, 6) is -1.83. The van der Waals surface area contributed by atoms with Gasteiger partial charge in [0, 0.05) is 11.6 Å². The first-order valence-electron chi connectivity index (χ1n) is 4.91. The van der Waals surface area contributed by atoms with Gasteiger partial charge >= 0.3 is 6.18 Å². The van der Waals surface area contributed by atoms with Crippen LogP contribution < -0.4 is 0 Å². The molecule has 0 atom stereocenters. The average Bonchev–Trinajstić information content (AvgIpc) is 2.25. The van der Waals surface area contributed by atoms with Crippen molar-refractivity contribution in [2.45, 2.75) is 6.18 Å². The lowest BCUT2D eigenvalue weighted by Gasteiger charge is -2.08. The number of aromatic amines is 1. The normalized spacial score (nSPS) is 11.6. The molecular formula is C11H5F5N2S. The number of benzene rings is 1. The van der Waals surface area contributed by atoms with Crippen LogP contribution in [-0.4, -0.2) is 9.97 Å². The molecule has 0 aliphatic heterocycles. The van der Waals surface area contributed by atoms with Gasteiger partial charge in [-0.05, 0) is 30.4 Å². The monoisotopic (exact) mass is 292 g/mol. The first kappa shape index (κ1) is 13.6. The Balaban J connectivity index is 2.63. The molecule has 0 radical (unpaired) electrons. The fraction of sp³-hybridized carbons (Fsp3) is 0.0909. The highest BCUT2D eigenvalue weighted by Crippen LogP contribution is 2.30. The number of aromatic nitrogens is 2. The molecule has 1 N–H and O–H groups in total. The van der Waals surface area contributed by atoms with E-state index in [2.05, 4.69) is 17.2 Å². The van der Waals surface area contributed by atoms with Gasteiger partial charge in [-0.25, -0.2) is 13.8 Å². The molecule has 2 aromatic rings. The van der Waals surface area contributed by atoms with E-state index in [-0.39, 0.29) is 11.3 Å². The Morgan fingerprint density at radius 3 is 2.11 bits per heavy atom. The molecule has 100 valence electrons. The smallest absolute Gasteiger partial charge is 0.327 e. The van der Waals surface area contributed by atoms with Crippen LogP contribution in [0.25, 0.3) is 11.3 Å². The Bertz CT molecular complexity index is 657. The van der Waals surface area contributed by atoms with E-state index in [4.69, 9.17) is 0 Å². The van der Waals surface area contributed by atoms with E-state index in [1.54, 1.807) is 0 Å². The minimum atomic E-state index is -4.66. The number of alkyl halides is 3. The molecule has 1 aromatic heterocycles. The summed E-state index contributed by atoms with van der Waals surface area (Å²) in [5, 5.41) is 0. The Morgan fingerprint density at radius 2 is 1.58 bits per heavy atom. The van der Waals surface area contributed by atoms with Crippen molar-refractivity contribution in [3.8, 4) is 11.3 Å². The lowest BCUT2D eigenvalue weighted by molar-refractivity contribution is -0.141. The maximum Gasteiger partial charge on any atom is 0.431 e. The van der Waals surface area contributed by atoms with Crippen LogP contribution in [-0.2, 0) is 6.18 Å². The molecule has 0 fully saturated rings. The fourth-order valence-electron chi connectivity index (χ4n) is 1.46. The van der Waals surface area contributed by atoms with Crippen LogP contribution in [0.5, 0.6) is 0 Å². The molecular weight excluding hydrogens is 287 g/mol. The third-order valence-electron chi connectivity index (χ3n) is 2.21. The second kappa shape index (κ2) is 4.69. The van der Waals surface area contributed by atoms with Crippen molar-refractivity contribution in [1.29, 1.82) is 0 Å². The SMILES string of the molecule is Fc1cc(F)cc(-c2cc(C(F)(F)F)[nH]c(=S)n2)c1. The van der Waals surface area contributed by atoms with Crippen LogP contribution in [0.2, 0.25) is 0 Å². The molecule has 2 rings (SSSR count). The molecule has 0 unspecified atom stereocenters. The van der Waals surface area contributed by atoms with Gasteiger partial charge in [-0.3, -0.25) is 0 Å². The molecule has 1 aromatic carbocycles. The molecule has 2 nitrogen and oxygen atoms in total. The zero-order valence-corrected chi connectivity index (χ0v) is 9.87. The van der Waals surface area contributed by atoms with Crippen molar-refractivity contribution in [3.05, 3.63) is 46.4 Å². The quantitative estimate of drug-likeness (QED) is 0.633. The molecule has 0 bridgehead atoms. The van der Waals surface area contributed by atoms with Crippen LogP contribution in [0.15, 0.2) is 24.3 Å². The summed E-state index contributed by atoms with van der Waals surface area (Å²) in [7, 11) is 0. The molecule has 1 heterocycles. The van der Waals surface area contributed by atoms with Gasteiger partial charge in [-0.1, -0.05) is 0 Å². The van der Waals surface area contributed by atoms with Crippen molar-refractivity contribution in [3.63, 3.8) is 0 Å². The molecule has 8 heteroatoms. The first-order chi connectivity index (χ1) is 8.75. The van der Waals surface area contributed by atoms with Gasteiger partial charge in [0.15, 0.2) is 4.77 Å². The zero-order chi connectivity index (χ0) is 14.2. The summed E-state index contributed by atoms with van der Waals surface area (Å²) in [6.07, 6.45) is -4.66. The number of rotatable bonds is 1. The van der Waals surface area contributed by atoms with Gasteiger partial charge in [0.05, 0.1) is 5.69 Å². The third kappa shape index (κ3) is 3.14. The highest BCUT2D eigenvalue weighted by molar-refractivity contribution is 7.71. The number of nitrogens with zero attached hydrogens (tertiary/aromatic N) is 1. The number of H-pyrrole nitrogens is 1. The maximum atomic E-state index is 13.0. The standard InChI is InChI=1S/C11H5F5N2S/c12-6-1-5(2-7(13)3-6)8-4-9(11(14,15)16)18-10(19)17-8/h1-4H,(H,17,18,19). The Labute approximate surface area is 108 Å². The second-order valence-corrected chi connectivity index (χ2v) is 4.03. The summed E-state index contributed by atoms with van der Waals surface area (Å²) in [6.45, 7) is 0. The van der Waals surface area contributed by atoms with Gasteiger partial charge in [-0.15, -0.1) is 0 Å². The minimum Gasteiger partial charge on any atom is -0.327 e. The largest absolute Gasteiger partial charge is 0.431 e. The third-order valence-corrected chi connectivity index (χ3v) is 2.40. The van der Waals surface area contributed by atoms with Crippen molar-refractivity contribution >= 4 is 12.2 Å².